The molecule has 3 aromatic carbocycles. The van der Waals surface area contributed by atoms with Gasteiger partial charge in [0.05, 0.1) is 6.26 Å². The zero-order valence-corrected chi connectivity index (χ0v) is 25.6. The second-order valence-corrected chi connectivity index (χ2v) is 12.3. The average molecular weight is 637 g/mol. The molecule has 0 aliphatic carbocycles. The van der Waals surface area contributed by atoms with Crippen LogP contribution in [0.15, 0.2) is 72.8 Å². The van der Waals surface area contributed by atoms with Gasteiger partial charge in [-0.2, -0.15) is 0 Å². The van der Waals surface area contributed by atoms with Crippen LogP contribution in [0.25, 0.3) is 0 Å². The molecule has 0 bridgehead atoms. The summed E-state index contributed by atoms with van der Waals surface area (Å²) in [5.41, 5.74) is 2.44. The van der Waals surface area contributed by atoms with Crippen molar-refractivity contribution in [2.75, 3.05) is 50.4 Å². The summed E-state index contributed by atoms with van der Waals surface area (Å²) in [4.78, 5) is 4.70. The minimum Gasteiger partial charge on any atom is -0.369 e. The first-order chi connectivity index (χ1) is 17.6. The van der Waals surface area contributed by atoms with Gasteiger partial charge in [0.25, 0.3) is 0 Å². The molecule has 0 spiro atoms. The number of hydrogen-bond acceptors (Lipinski definition) is 4. The summed E-state index contributed by atoms with van der Waals surface area (Å²) in [5, 5.41) is 1.26. The van der Waals surface area contributed by atoms with Crippen molar-refractivity contribution >= 4 is 63.7 Å². The second kappa shape index (κ2) is 14.9. The minimum absolute atomic E-state index is 0. The van der Waals surface area contributed by atoms with E-state index < -0.39 is 15.4 Å². The van der Waals surface area contributed by atoms with E-state index in [-0.39, 0.29) is 37.2 Å². The Bertz CT molecular complexity index is 1220. The Hall–Kier alpha value is -1.58. The third kappa shape index (κ3) is 9.22. The molecule has 1 N–H and O–H groups in total. The van der Waals surface area contributed by atoms with Crippen molar-refractivity contribution in [3.63, 3.8) is 0 Å². The molecule has 0 unspecified atom stereocenters. The Morgan fingerprint density at radius 3 is 1.77 bits per heavy atom. The monoisotopic (exact) mass is 635 g/mol. The van der Waals surface area contributed by atoms with Gasteiger partial charge in [0, 0.05) is 53.9 Å². The van der Waals surface area contributed by atoms with Crippen molar-refractivity contribution in [1.29, 1.82) is 0 Å². The lowest BCUT2D eigenvalue weighted by Crippen LogP contribution is -2.47. The molecule has 1 saturated heterocycles. The van der Waals surface area contributed by atoms with Crippen LogP contribution in [0, 0.1) is 5.82 Å². The van der Waals surface area contributed by atoms with E-state index in [9.17, 15) is 12.8 Å². The van der Waals surface area contributed by atoms with Gasteiger partial charge in [-0.25, -0.2) is 17.5 Å². The van der Waals surface area contributed by atoms with Gasteiger partial charge in [0.2, 0.25) is 10.0 Å². The maximum Gasteiger partial charge on any atom is 0.208 e. The van der Waals surface area contributed by atoms with Crippen LogP contribution in [-0.4, -0.2) is 58.8 Å². The van der Waals surface area contributed by atoms with E-state index in [1.54, 1.807) is 0 Å². The van der Waals surface area contributed by atoms with Crippen LogP contribution in [-0.2, 0) is 15.4 Å². The van der Waals surface area contributed by atoms with Gasteiger partial charge in [-0.15, -0.1) is 24.8 Å². The number of anilines is 1. The van der Waals surface area contributed by atoms with E-state index in [0.717, 1.165) is 62.4 Å². The number of nitrogens with one attached hydrogen (secondary N) is 1. The van der Waals surface area contributed by atoms with Crippen molar-refractivity contribution in [2.45, 2.75) is 18.3 Å². The van der Waals surface area contributed by atoms with E-state index in [2.05, 4.69) is 14.5 Å². The number of nitrogens with zero attached hydrogens (tertiary/aromatic N) is 2. The molecule has 39 heavy (non-hydrogen) atoms. The number of halogens is 5. The Labute approximate surface area is 253 Å². The van der Waals surface area contributed by atoms with Crippen LogP contribution in [0.2, 0.25) is 10.0 Å². The fraction of sp³-hybridized carbons (Fsp3) is 0.357. The molecule has 4 rings (SSSR count). The van der Waals surface area contributed by atoms with Crippen molar-refractivity contribution in [3.8, 4) is 0 Å². The lowest BCUT2D eigenvalue weighted by Gasteiger charge is -2.38. The van der Waals surface area contributed by atoms with Crippen LogP contribution in [0.1, 0.15) is 24.0 Å². The number of hydrogen-bond donors (Lipinski definition) is 1. The molecule has 3 aromatic rings. The molecule has 0 saturated carbocycles. The van der Waals surface area contributed by atoms with Gasteiger partial charge < -0.3 is 4.90 Å². The molecule has 0 radical (unpaired) electrons. The molecule has 0 atom stereocenters. The molecule has 1 aliphatic rings. The van der Waals surface area contributed by atoms with Crippen molar-refractivity contribution in [1.82, 2.24) is 9.62 Å². The third-order valence-electron chi connectivity index (χ3n) is 7.07. The molecule has 1 aliphatic heterocycles. The van der Waals surface area contributed by atoms with Crippen LogP contribution in [0.4, 0.5) is 10.1 Å². The molecular formula is C28H34Cl4FN3O2S. The summed E-state index contributed by atoms with van der Waals surface area (Å²) in [7, 11) is -3.41. The van der Waals surface area contributed by atoms with Gasteiger partial charge in [0.15, 0.2) is 0 Å². The summed E-state index contributed by atoms with van der Waals surface area (Å²) >= 11 is 12.4. The summed E-state index contributed by atoms with van der Waals surface area (Å²) in [6.07, 6.45) is 2.78. The first kappa shape index (κ1) is 33.6. The first-order valence-corrected chi connectivity index (χ1v) is 15.0. The largest absolute Gasteiger partial charge is 0.369 e. The Morgan fingerprint density at radius 2 is 1.31 bits per heavy atom. The van der Waals surface area contributed by atoms with Crippen LogP contribution in [0.5, 0.6) is 0 Å². The molecule has 0 amide bonds. The summed E-state index contributed by atoms with van der Waals surface area (Å²) in [6, 6.07) is 21.9. The Kier molecular flexibility index (Phi) is 12.8. The van der Waals surface area contributed by atoms with E-state index in [1.165, 1.54) is 18.4 Å². The number of benzene rings is 3. The first-order valence-electron chi connectivity index (χ1n) is 12.3. The van der Waals surface area contributed by atoms with E-state index in [1.807, 2.05) is 60.7 Å². The molecule has 1 fully saturated rings. The SMILES string of the molecule is CS(=O)(=O)NCC(CCCN1CCN(c2ccc(F)cc2)CC1)(c1ccc(Cl)cc1)c1ccc(Cl)cc1.Cl.Cl. The standard InChI is InChI=1S/C28H32Cl2FN3O2S.2ClH/c1-37(35,36)32-21-28(22-3-7-24(29)8-4-22,23-5-9-25(30)10-6-23)15-2-16-33-17-19-34(20-18-33)27-13-11-26(31)12-14-27;;/h3-14,32H,2,15-21H2,1H3;2*1H. The Morgan fingerprint density at radius 1 is 0.821 bits per heavy atom. The predicted octanol–water partition coefficient (Wildman–Crippen LogP) is 6.41. The van der Waals surface area contributed by atoms with Crippen LogP contribution in [0.3, 0.4) is 0 Å². The zero-order valence-electron chi connectivity index (χ0n) is 21.7. The minimum atomic E-state index is -3.41. The number of rotatable bonds is 10. The maximum absolute atomic E-state index is 13.3. The molecule has 1 heterocycles. The Balaban J connectivity index is 0.00000267. The van der Waals surface area contributed by atoms with Crippen LogP contribution >= 0.6 is 48.0 Å². The number of piperazine rings is 1. The molecule has 0 aromatic heterocycles. The predicted molar refractivity (Wildman–Crippen MR) is 165 cm³/mol. The summed E-state index contributed by atoms with van der Waals surface area (Å²) in [6.45, 7) is 4.69. The maximum atomic E-state index is 13.3. The highest BCUT2D eigenvalue weighted by Gasteiger charge is 2.35. The number of sulfonamides is 1. The normalized spacial score (nSPS) is 14.4. The second-order valence-electron chi connectivity index (χ2n) is 9.60. The third-order valence-corrected chi connectivity index (χ3v) is 8.24. The van der Waals surface area contributed by atoms with Crippen LogP contribution < -0.4 is 9.62 Å². The van der Waals surface area contributed by atoms with Gasteiger partial charge >= 0.3 is 0 Å². The van der Waals surface area contributed by atoms with Gasteiger partial charge in [-0.05, 0) is 79.0 Å². The molecular weight excluding hydrogens is 603 g/mol. The lowest BCUT2D eigenvalue weighted by atomic mass is 9.71. The van der Waals surface area contributed by atoms with Gasteiger partial charge in [-0.1, -0.05) is 47.5 Å². The molecule has 11 heteroatoms. The summed E-state index contributed by atoms with van der Waals surface area (Å²) < 4.78 is 40.3. The van der Waals surface area contributed by atoms with Crippen molar-refractivity contribution < 1.29 is 12.8 Å². The highest BCUT2D eigenvalue weighted by Crippen LogP contribution is 2.38. The lowest BCUT2D eigenvalue weighted by molar-refractivity contribution is 0.245. The zero-order chi connectivity index (χ0) is 26.5. The fourth-order valence-electron chi connectivity index (χ4n) is 5.03. The topological polar surface area (TPSA) is 52.7 Å². The highest BCUT2D eigenvalue weighted by atomic mass is 35.5. The van der Waals surface area contributed by atoms with E-state index in [4.69, 9.17) is 23.2 Å². The summed E-state index contributed by atoms with van der Waals surface area (Å²) in [5.74, 6) is -0.224. The molecule has 214 valence electrons. The fourth-order valence-corrected chi connectivity index (χ4v) is 5.79. The quantitative estimate of drug-likeness (QED) is 0.279. The average Bonchev–Trinajstić information content (AvgIpc) is 2.88. The van der Waals surface area contributed by atoms with Gasteiger partial charge in [-0.3, -0.25) is 4.90 Å². The van der Waals surface area contributed by atoms with E-state index in [0.29, 0.717) is 10.0 Å². The van der Waals surface area contributed by atoms with Crippen molar-refractivity contribution in [3.05, 3.63) is 99.8 Å². The van der Waals surface area contributed by atoms with Gasteiger partial charge in [0.1, 0.15) is 5.82 Å². The highest BCUT2D eigenvalue weighted by molar-refractivity contribution is 7.88. The molecule has 5 nitrogen and oxygen atoms in total. The van der Waals surface area contributed by atoms with E-state index >= 15 is 0 Å². The smallest absolute Gasteiger partial charge is 0.208 e. The van der Waals surface area contributed by atoms with Crippen molar-refractivity contribution in [2.24, 2.45) is 0 Å².